The minimum atomic E-state index is -2.52. The lowest BCUT2D eigenvalue weighted by Gasteiger charge is -2.31. The van der Waals surface area contributed by atoms with E-state index in [4.69, 9.17) is 16.6 Å². The topological polar surface area (TPSA) is 104 Å². The summed E-state index contributed by atoms with van der Waals surface area (Å²) in [6.07, 6.45) is 1.35. The van der Waals surface area contributed by atoms with Crippen molar-refractivity contribution in [2.75, 3.05) is 17.2 Å². The van der Waals surface area contributed by atoms with E-state index in [-0.39, 0.29) is 16.2 Å². The van der Waals surface area contributed by atoms with Crippen molar-refractivity contribution in [3.8, 4) is 6.07 Å². The van der Waals surface area contributed by atoms with Crippen LogP contribution in [0.5, 0.6) is 0 Å². The fourth-order valence-electron chi connectivity index (χ4n) is 4.75. The summed E-state index contributed by atoms with van der Waals surface area (Å²) in [7, 11) is 0. The highest BCUT2D eigenvalue weighted by molar-refractivity contribution is 8.13. The largest absolute Gasteiger partial charge is 0.383 e. The van der Waals surface area contributed by atoms with Gasteiger partial charge in [-0.2, -0.15) is 5.26 Å². The van der Waals surface area contributed by atoms with Crippen LogP contribution in [0.15, 0.2) is 29.5 Å². The van der Waals surface area contributed by atoms with Crippen LogP contribution < -0.4 is 10.6 Å². The van der Waals surface area contributed by atoms with Crippen molar-refractivity contribution < 1.29 is 8.78 Å². The number of benzene rings is 1. The summed E-state index contributed by atoms with van der Waals surface area (Å²) in [6.45, 7) is 11.1. The molecule has 0 saturated heterocycles. The summed E-state index contributed by atoms with van der Waals surface area (Å²) in [6, 6.07) is 5.17. The second-order valence-corrected chi connectivity index (χ2v) is 13.9. The van der Waals surface area contributed by atoms with E-state index in [0.717, 1.165) is 0 Å². The number of nitrogens with one attached hydrogen (secondary N) is 2. The van der Waals surface area contributed by atoms with Gasteiger partial charge < -0.3 is 10.6 Å². The lowest BCUT2D eigenvalue weighted by molar-refractivity contribution is 0.0593. The molecule has 1 aliphatic carbocycles. The Morgan fingerprint density at radius 1 is 1.28 bits per heavy atom. The molecular formula is C27H31ClF2N8S. The maximum absolute atomic E-state index is 13.8. The van der Waals surface area contributed by atoms with Gasteiger partial charge in [0.2, 0.25) is 0 Å². The molecule has 0 radical (unpaired) electrons. The number of alkyl halides is 2. The van der Waals surface area contributed by atoms with Crippen LogP contribution in [0.4, 0.5) is 20.2 Å². The van der Waals surface area contributed by atoms with Gasteiger partial charge >= 0.3 is 0 Å². The molecule has 1 unspecified atom stereocenters. The lowest BCUT2D eigenvalue weighted by atomic mass is 9.93. The van der Waals surface area contributed by atoms with Gasteiger partial charge in [0.05, 0.1) is 45.6 Å². The van der Waals surface area contributed by atoms with Crippen molar-refractivity contribution in [1.29, 1.82) is 5.26 Å². The summed E-state index contributed by atoms with van der Waals surface area (Å²) >= 11 is 8.31. The molecule has 2 N–H and O–H groups in total. The number of pyridine rings is 1. The van der Waals surface area contributed by atoms with E-state index in [2.05, 4.69) is 66.6 Å². The first kappa shape index (κ1) is 27.6. The van der Waals surface area contributed by atoms with Crippen LogP contribution in [0.1, 0.15) is 64.8 Å². The number of halogens is 3. The highest BCUT2D eigenvalue weighted by atomic mass is 35.5. The van der Waals surface area contributed by atoms with Gasteiger partial charge in [-0.15, -0.1) is 16.9 Å². The summed E-state index contributed by atoms with van der Waals surface area (Å²) < 4.78 is 28.6. The van der Waals surface area contributed by atoms with Gasteiger partial charge in [-0.3, -0.25) is 9.98 Å². The number of aliphatic imine (C=N–C) groups is 1. The molecule has 5 rings (SSSR count). The molecule has 3 aromatic rings. The molecule has 2 aliphatic rings. The molecule has 1 aromatic carbocycles. The van der Waals surface area contributed by atoms with E-state index in [1.807, 2.05) is 11.6 Å². The van der Waals surface area contributed by atoms with Crippen LogP contribution in [0.2, 0.25) is 5.02 Å². The first-order valence-corrected chi connectivity index (χ1v) is 14.0. The quantitative estimate of drug-likeness (QED) is 0.312. The Balaban J connectivity index is 1.57. The zero-order chi connectivity index (χ0) is 28.2. The third-order valence-electron chi connectivity index (χ3n) is 7.22. The first-order chi connectivity index (χ1) is 18.3. The summed E-state index contributed by atoms with van der Waals surface area (Å²) in [5, 5.41) is 26.3. The summed E-state index contributed by atoms with van der Waals surface area (Å²) in [5.41, 5.74) is 3.34. The maximum Gasteiger partial charge on any atom is 0.263 e. The van der Waals surface area contributed by atoms with Gasteiger partial charge in [0, 0.05) is 28.6 Å². The van der Waals surface area contributed by atoms with Crippen LogP contribution in [0.3, 0.4) is 0 Å². The fraction of sp³-hybridized carbons (Fsp3) is 0.519. The van der Waals surface area contributed by atoms with Crippen LogP contribution in [0, 0.1) is 16.7 Å². The number of fused-ring (bicyclic) bond motifs is 1. The minimum Gasteiger partial charge on any atom is -0.383 e. The van der Waals surface area contributed by atoms with Gasteiger partial charge in [-0.1, -0.05) is 37.6 Å². The maximum atomic E-state index is 13.8. The third-order valence-corrected chi connectivity index (χ3v) is 8.59. The molecule has 0 amide bonds. The Labute approximate surface area is 235 Å². The number of thioether (sulfide) groups is 1. The number of anilines is 2. The zero-order valence-electron chi connectivity index (χ0n) is 22.5. The molecule has 1 saturated carbocycles. The Kier molecular flexibility index (Phi) is 7.00. The zero-order valence-corrected chi connectivity index (χ0v) is 24.0. The Morgan fingerprint density at radius 3 is 2.62 bits per heavy atom. The van der Waals surface area contributed by atoms with Crippen LogP contribution >= 0.6 is 23.4 Å². The molecule has 2 aromatic heterocycles. The second kappa shape index (κ2) is 9.89. The molecule has 206 valence electrons. The van der Waals surface area contributed by atoms with E-state index in [0.29, 0.717) is 57.9 Å². The molecule has 39 heavy (non-hydrogen) atoms. The van der Waals surface area contributed by atoms with Gasteiger partial charge in [0.15, 0.2) is 0 Å². The van der Waals surface area contributed by atoms with Crippen molar-refractivity contribution in [2.45, 2.75) is 76.3 Å². The van der Waals surface area contributed by atoms with Crippen molar-refractivity contribution in [1.82, 2.24) is 20.0 Å². The Hall–Kier alpha value is -2.97. The Morgan fingerprint density at radius 2 is 2.03 bits per heavy atom. The number of aromatic nitrogens is 4. The molecular weight excluding hydrogens is 542 g/mol. The van der Waals surface area contributed by atoms with Crippen LogP contribution in [0.25, 0.3) is 10.9 Å². The number of rotatable bonds is 8. The molecule has 1 aliphatic heterocycles. The molecule has 8 nitrogen and oxygen atoms in total. The predicted molar refractivity (Wildman–Crippen MR) is 153 cm³/mol. The highest BCUT2D eigenvalue weighted by Crippen LogP contribution is 2.49. The van der Waals surface area contributed by atoms with Crippen molar-refractivity contribution in [2.24, 2.45) is 10.4 Å². The van der Waals surface area contributed by atoms with Gasteiger partial charge in [-0.25, -0.2) is 13.5 Å². The van der Waals surface area contributed by atoms with Crippen molar-refractivity contribution in [3.05, 3.63) is 40.8 Å². The van der Waals surface area contributed by atoms with Crippen LogP contribution in [-0.2, 0) is 5.54 Å². The molecule has 12 heteroatoms. The fourth-order valence-corrected chi connectivity index (χ4v) is 5.81. The number of nitrogens with zero attached hydrogens (tertiary/aromatic N) is 6. The lowest BCUT2D eigenvalue weighted by Crippen LogP contribution is -2.37. The summed E-state index contributed by atoms with van der Waals surface area (Å²) in [5.74, 6) is 0. The molecule has 0 bridgehead atoms. The SMILES string of the molecule is CC(C)(C)CNc1c(C#N)cnc2c(Cl)cc(N[C@H](c3cn(C4(C(F)F)CC4)nn3)C3N=CSC3(C)C)cc12. The van der Waals surface area contributed by atoms with E-state index in [1.54, 1.807) is 24.0 Å². The first-order valence-electron chi connectivity index (χ1n) is 12.8. The monoisotopic (exact) mass is 572 g/mol. The number of hydrogen-bond acceptors (Lipinski definition) is 8. The number of nitriles is 1. The van der Waals surface area contributed by atoms with E-state index < -0.39 is 18.0 Å². The second-order valence-electron chi connectivity index (χ2n) is 12.0. The molecule has 0 spiro atoms. The molecule has 3 heterocycles. The van der Waals surface area contributed by atoms with Crippen LogP contribution in [-0.4, -0.2) is 49.3 Å². The highest BCUT2D eigenvalue weighted by Gasteiger charge is 2.54. The smallest absolute Gasteiger partial charge is 0.263 e. The normalized spacial score (nSPS) is 20.3. The third kappa shape index (κ3) is 5.29. The Bertz CT molecular complexity index is 1470. The van der Waals surface area contributed by atoms with E-state index in [1.165, 1.54) is 10.9 Å². The van der Waals surface area contributed by atoms with Gasteiger partial charge in [-0.05, 0) is 44.2 Å². The van der Waals surface area contributed by atoms with E-state index >= 15 is 0 Å². The van der Waals surface area contributed by atoms with Crippen molar-refractivity contribution >= 4 is 51.2 Å². The predicted octanol–water partition coefficient (Wildman–Crippen LogP) is 6.64. The average molecular weight is 573 g/mol. The molecule has 1 fully saturated rings. The average Bonchev–Trinajstić information content (AvgIpc) is 3.39. The standard InChI is InChI=1S/C27H31ClF2N8S/c1-25(2,3)13-33-20-15(10-31)11-32-21-17(20)8-16(9-18(21)28)35-22(23-26(4,5)39-14-34-23)19-12-38(37-36-19)27(6-7-27)24(29)30/h8-9,11-12,14,22-24,35H,6-7,13H2,1-5H3,(H,32,33)/t22-,23?/m1/s1. The van der Waals surface area contributed by atoms with Crippen molar-refractivity contribution in [3.63, 3.8) is 0 Å². The van der Waals surface area contributed by atoms with Gasteiger partial charge in [0.25, 0.3) is 6.43 Å². The molecule has 2 atom stereocenters. The summed E-state index contributed by atoms with van der Waals surface area (Å²) in [4.78, 5) is 9.16. The van der Waals surface area contributed by atoms with E-state index in [9.17, 15) is 14.0 Å². The minimum absolute atomic E-state index is 0.0280. The van der Waals surface area contributed by atoms with Gasteiger partial charge in [0.1, 0.15) is 17.3 Å². The number of hydrogen-bond donors (Lipinski definition) is 2.